The highest BCUT2D eigenvalue weighted by atomic mass is 28.3. The van der Waals surface area contributed by atoms with Crippen LogP contribution in [0.4, 0.5) is 0 Å². The summed E-state index contributed by atoms with van der Waals surface area (Å²) in [5.41, 5.74) is 10.5. The molecule has 0 N–H and O–H groups in total. The molecule has 0 aliphatic heterocycles. The lowest BCUT2D eigenvalue weighted by molar-refractivity contribution is 1.15. The zero-order valence-corrected chi connectivity index (χ0v) is 42.5. The molecule has 3 heterocycles. The Hall–Kier alpha value is -9.74. The second-order valence-electron chi connectivity index (χ2n) is 20.3. The standard InChI is InChI=1S/C72H47N3Si/c1-4-20-51(21-5-1)76(52-22-6-2-7-23-52,53-24-8-3-9-25-53)54-40-36-48(37-41-54)73-69-45-43-62-57-28-11-10-26-55(57)56-27-12-13-32-61(56)71(62)72(69)63-42-38-50(47-70(63)73)75-67-35-19-16-31-60(67)64-46-49(39-44-68(64)75)74-65-33-17-14-29-58(65)59-30-15-18-34-66(59)74/h1-47H. The molecule has 3 nitrogen and oxygen atoms in total. The lowest BCUT2D eigenvalue weighted by Crippen LogP contribution is -2.74. The van der Waals surface area contributed by atoms with Crippen molar-refractivity contribution >= 4 is 127 Å². The van der Waals surface area contributed by atoms with E-state index in [1.165, 1.54) is 113 Å². The van der Waals surface area contributed by atoms with Crippen molar-refractivity contribution in [3.05, 3.63) is 285 Å². The Morgan fingerprint density at radius 3 is 1.07 bits per heavy atom. The minimum absolute atomic E-state index is 1.12. The predicted molar refractivity (Wildman–Crippen MR) is 326 cm³/mol. The van der Waals surface area contributed by atoms with Crippen LogP contribution in [0.15, 0.2) is 285 Å². The lowest BCUT2D eigenvalue weighted by atomic mass is 9.92. The van der Waals surface area contributed by atoms with E-state index in [0.717, 1.165) is 22.6 Å². The van der Waals surface area contributed by atoms with E-state index in [2.05, 4.69) is 299 Å². The van der Waals surface area contributed by atoms with Crippen molar-refractivity contribution in [3.8, 4) is 17.1 Å². The summed E-state index contributed by atoms with van der Waals surface area (Å²) >= 11 is 0. The van der Waals surface area contributed by atoms with Crippen LogP contribution in [0, 0.1) is 0 Å². The van der Waals surface area contributed by atoms with Gasteiger partial charge in [-0.05, 0) is 114 Å². The molecule has 0 saturated heterocycles. The third-order valence-electron chi connectivity index (χ3n) is 16.6. The third-order valence-corrected chi connectivity index (χ3v) is 21.3. The van der Waals surface area contributed by atoms with Crippen LogP contribution in [0.1, 0.15) is 0 Å². The Morgan fingerprint density at radius 1 is 0.184 bits per heavy atom. The van der Waals surface area contributed by atoms with Crippen LogP contribution in [-0.4, -0.2) is 21.8 Å². The number of nitrogens with zero attached hydrogens (tertiary/aromatic N) is 3. The van der Waals surface area contributed by atoms with Gasteiger partial charge in [-0.2, -0.15) is 0 Å². The van der Waals surface area contributed by atoms with Crippen molar-refractivity contribution in [2.75, 3.05) is 0 Å². The Kier molecular flexibility index (Phi) is 9.36. The molecule has 16 rings (SSSR count). The summed E-state index contributed by atoms with van der Waals surface area (Å²) in [6, 6.07) is 107. The van der Waals surface area contributed by atoms with Crippen molar-refractivity contribution in [3.63, 3.8) is 0 Å². The average molecular weight is 982 g/mol. The molecule has 0 unspecified atom stereocenters. The van der Waals surface area contributed by atoms with Gasteiger partial charge in [0.05, 0.1) is 33.1 Å². The Labute approximate surface area is 440 Å². The van der Waals surface area contributed by atoms with Crippen LogP contribution in [-0.2, 0) is 0 Å². The van der Waals surface area contributed by atoms with Gasteiger partial charge in [-0.25, -0.2) is 0 Å². The summed E-state index contributed by atoms with van der Waals surface area (Å²) in [5.74, 6) is 0. The monoisotopic (exact) mass is 981 g/mol. The molecule has 3 aromatic heterocycles. The first-order chi connectivity index (χ1) is 37.7. The van der Waals surface area contributed by atoms with E-state index in [1.54, 1.807) is 0 Å². The van der Waals surface area contributed by atoms with Crippen molar-refractivity contribution in [1.82, 2.24) is 13.7 Å². The first-order valence-corrected chi connectivity index (χ1v) is 28.3. The van der Waals surface area contributed by atoms with Crippen LogP contribution in [0.25, 0.3) is 115 Å². The van der Waals surface area contributed by atoms with Gasteiger partial charge in [-0.15, -0.1) is 0 Å². The highest BCUT2D eigenvalue weighted by Gasteiger charge is 2.41. The number of hydrogen-bond acceptors (Lipinski definition) is 0. The minimum atomic E-state index is -2.77. The van der Waals surface area contributed by atoms with Gasteiger partial charge >= 0.3 is 0 Å². The van der Waals surface area contributed by atoms with Crippen LogP contribution in [0.3, 0.4) is 0 Å². The fraction of sp³-hybridized carbons (Fsp3) is 0. The molecule has 0 fully saturated rings. The molecule has 13 aromatic carbocycles. The van der Waals surface area contributed by atoms with E-state index in [0.29, 0.717) is 0 Å². The molecule has 0 spiro atoms. The average Bonchev–Trinajstić information content (AvgIpc) is 4.15. The van der Waals surface area contributed by atoms with Gasteiger partial charge in [0, 0.05) is 54.8 Å². The topological polar surface area (TPSA) is 14.8 Å². The maximum absolute atomic E-state index is 2.77. The zero-order chi connectivity index (χ0) is 49.9. The van der Waals surface area contributed by atoms with E-state index in [1.807, 2.05) is 0 Å². The minimum Gasteiger partial charge on any atom is -0.309 e. The maximum Gasteiger partial charge on any atom is 0.179 e. The second-order valence-corrected chi connectivity index (χ2v) is 24.1. The first-order valence-electron chi connectivity index (χ1n) is 26.3. The van der Waals surface area contributed by atoms with Crippen LogP contribution in [0.5, 0.6) is 0 Å². The van der Waals surface area contributed by atoms with Gasteiger partial charge in [0.25, 0.3) is 0 Å². The Bertz CT molecular complexity index is 4790. The van der Waals surface area contributed by atoms with Gasteiger partial charge in [0.2, 0.25) is 0 Å². The summed E-state index contributed by atoms with van der Waals surface area (Å²) in [6.45, 7) is 0. The summed E-state index contributed by atoms with van der Waals surface area (Å²) in [7, 11) is -2.77. The summed E-state index contributed by atoms with van der Waals surface area (Å²) in [6.07, 6.45) is 0. The largest absolute Gasteiger partial charge is 0.309 e. The van der Waals surface area contributed by atoms with Gasteiger partial charge in [0.1, 0.15) is 0 Å². The quantitative estimate of drug-likeness (QED) is 0.0859. The summed E-state index contributed by atoms with van der Waals surface area (Å²) in [5, 5.41) is 20.5. The summed E-state index contributed by atoms with van der Waals surface area (Å²) < 4.78 is 7.44. The second kappa shape index (κ2) is 16.6. The molecule has 0 bridgehead atoms. The fourth-order valence-corrected chi connectivity index (χ4v) is 18.2. The number of rotatable bonds is 7. The van der Waals surface area contributed by atoms with Gasteiger partial charge in [-0.3, -0.25) is 0 Å². The lowest BCUT2D eigenvalue weighted by Gasteiger charge is -2.34. The van der Waals surface area contributed by atoms with E-state index in [-0.39, 0.29) is 0 Å². The fourth-order valence-electron chi connectivity index (χ4n) is 13.4. The van der Waals surface area contributed by atoms with Gasteiger partial charge < -0.3 is 13.7 Å². The number of para-hydroxylation sites is 3. The van der Waals surface area contributed by atoms with Crippen molar-refractivity contribution in [2.45, 2.75) is 0 Å². The van der Waals surface area contributed by atoms with E-state index >= 15 is 0 Å². The molecule has 16 aromatic rings. The molecule has 0 aliphatic rings. The molecule has 0 atom stereocenters. The predicted octanol–water partition coefficient (Wildman–Crippen LogP) is 15.8. The van der Waals surface area contributed by atoms with Crippen molar-refractivity contribution in [2.24, 2.45) is 0 Å². The molecule has 0 radical (unpaired) electrons. The molecule has 0 aliphatic carbocycles. The van der Waals surface area contributed by atoms with E-state index in [4.69, 9.17) is 0 Å². The van der Waals surface area contributed by atoms with Crippen LogP contribution >= 0.6 is 0 Å². The number of aromatic nitrogens is 3. The Balaban J connectivity index is 0.967. The van der Waals surface area contributed by atoms with Crippen molar-refractivity contribution in [1.29, 1.82) is 0 Å². The van der Waals surface area contributed by atoms with Crippen LogP contribution in [0.2, 0.25) is 0 Å². The molecule has 354 valence electrons. The maximum atomic E-state index is 2.53. The number of hydrogen-bond donors (Lipinski definition) is 0. The number of benzene rings is 13. The van der Waals surface area contributed by atoms with Gasteiger partial charge in [-0.1, -0.05) is 218 Å². The molecule has 0 amide bonds. The van der Waals surface area contributed by atoms with E-state index in [9.17, 15) is 0 Å². The molecule has 4 heteroatoms. The molecule has 0 saturated carbocycles. The van der Waals surface area contributed by atoms with E-state index < -0.39 is 8.07 Å². The van der Waals surface area contributed by atoms with Gasteiger partial charge in [0.15, 0.2) is 8.07 Å². The smallest absolute Gasteiger partial charge is 0.179 e. The highest BCUT2D eigenvalue weighted by Crippen LogP contribution is 2.45. The number of fused-ring (bicyclic) bond motifs is 16. The Morgan fingerprint density at radius 2 is 0.526 bits per heavy atom. The zero-order valence-electron chi connectivity index (χ0n) is 41.5. The SMILES string of the molecule is c1ccc([Si](c2ccccc2)(c2ccccc2)c2ccc(-n3c4cc(-n5c6ccccc6c6cc(-n7c8ccccc8c8ccccc87)ccc65)ccc4c4c5c6ccccc6c6ccccc6c5ccc43)cc2)cc1. The first kappa shape index (κ1) is 42.7. The highest BCUT2D eigenvalue weighted by molar-refractivity contribution is 7.19. The normalized spacial score (nSPS) is 12.2. The van der Waals surface area contributed by atoms with Crippen molar-refractivity contribution < 1.29 is 0 Å². The molecule has 76 heavy (non-hydrogen) atoms. The molecular weight excluding hydrogens is 935 g/mol. The summed E-state index contributed by atoms with van der Waals surface area (Å²) in [4.78, 5) is 0. The molecular formula is C72H47N3Si. The van der Waals surface area contributed by atoms with Crippen LogP contribution < -0.4 is 20.7 Å². The third kappa shape index (κ3) is 6.04.